The Hall–Kier alpha value is -3.02. The first kappa shape index (κ1) is 17.8. The van der Waals surface area contributed by atoms with E-state index in [1.807, 2.05) is 30.3 Å². The molecular formula is C20H21NO5. The van der Waals surface area contributed by atoms with E-state index in [2.05, 4.69) is 5.32 Å². The van der Waals surface area contributed by atoms with Crippen molar-refractivity contribution in [2.24, 2.45) is 0 Å². The van der Waals surface area contributed by atoms with E-state index in [1.165, 1.54) is 0 Å². The molecule has 6 nitrogen and oxygen atoms in total. The van der Waals surface area contributed by atoms with Crippen LogP contribution in [0.25, 0.3) is 0 Å². The molecule has 1 aliphatic heterocycles. The van der Waals surface area contributed by atoms with Gasteiger partial charge in [-0.1, -0.05) is 24.3 Å². The summed E-state index contributed by atoms with van der Waals surface area (Å²) in [6.45, 7) is 0.483. The van der Waals surface area contributed by atoms with Crippen molar-refractivity contribution in [2.45, 2.75) is 18.9 Å². The Balaban J connectivity index is 1.52. The number of esters is 1. The number of carbonyl (C=O) groups is 2. The van der Waals surface area contributed by atoms with E-state index in [0.717, 1.165) is 11.1 Å². The van der Waals surface area contributed by atoms with Crippen LogP contribution in [-0.2, 0) is 16.0 Å². The number of amides is 1. The third-order valence-electron chi connectivity index (χ3n) is 4.33. The lowest BCUT2D eigenvalue weighted by molar-refractivity contribution is -0.122. The molecule has 0 saturated carbocycles. The van der Waals surface area contributed by atoms with E-state index in [4.69, 9.17) is 14.2 Å². The van der Waals surface area contributed by atoms with Crippen molar-refractivity contribution in [1.82, 2.24) is 5.32 Å². The molecule has 2 aromatic rings. The summed E-state index contributed by atoms with van der Waals surface area (Å²) in [7, 11) is 3.18. The van der Waals surface area contributed by atoms with Gasteiger partial charge >= 0.3 is 5.97 Å². The van der Waals surface area contributed by atoms with Gasteiger partial charge in [-0.2, -0.15) is 0 Å². The highest BCUT2D eigenvalue weighted by Gasteiger charge is 2.31. The number of hydrogen-bond acceptors (Lipinski definition) is 5. The Morgan fingerprint density at radius 1 is 1.12 bits per heavy atom. The number of hydrogen-bond donors (Lipinski definition) is 1. The summed E-state index contributed by atoms with van der Waals surface area (Å²) >= 11 is 0. The van der Waals surface area contributed by atoms with Crippen LogP contribution in [0.3, 0.4) is 0 Å². The first-order valence-electron chi connectivity index (χ1n) is 8.40. The standard InChI is InChI=1S/C20H21NO5/c1-24-16-8-7-13(11-18(16)25-2)9-10-21-19(22)12-17-14-5-3-4-6-15(14)20(23)26-17/h3-8,11,17H,9-10,12H2,1-2H3,(H,21,22). The molecule has 136 valence electrons. The van der Waals surface area contributed by atoms with E-state index < -0.39 is 6.10 Å². The zero-order valence-electron chi connectivity index (χ0n) is 14.8. The van der Waals surface area contributed by atoms with Crippen molar-refractivity contribution in [3.8, 4) is 11.5 Å². The predicted octanol–water partition coefficient (Wildman–Crippen LogP) is 2.66. The normalized spacial score (nSPS) is 15.2. The Labute approximate surface area is 152 Å². The zero-order chi connectivity index (χ0) is 18.5. The summed E-state index contributed by atoms with van der Waals surface area (Å²) in [4.78, 5) is 24.0. The predicted molar refractivity (Wildman–Crippen MR) is 95.5 cm³/mol. The Morgan fingerprint density at radius 3 is 2.65 bits per heavy atom. The Kier molecular flexibility index (Phi) is 5.41. The topological polar surface area (TPSA) is 73.9 Å². The van der Waals surface area contributed by atoms with E-state index in [0.29, 0.717) is 30.0 Å². The molecule has 1 unspecified atom stereocenters. The van der Waals surface area contributed by atoms with Crippen LogP contribution < -0.4 is 14.8 Å². The van der Waals surface area contributed by atoms with Crippen LogP contribution in [-0.4, -0.2) is 32.6 Å². The highest BCUT2D eigenvalue weighted by molar-refractivity contribution is 5.94. The van der Waals surface area contributed by atoms with Gasteiger partial charge in [-0.25, -0.2) is 4.79 Å². The Bertz CT molecular complexity index is 818. The van der Waals surface area contributed by atoms with Gasteiger partial charge in [0.05, 0.1) is 26.2 Å². The van der Waals surface area contributed by atoms with E-state index in [-0.39, 0.29) is 18.3 Å². The first-order chi connectivity index (χ1) is 12.6. The molecule has 0 radical (unpaired) electrons. The van der Waals surface area contributed by atoms with E-state index in [1.54, 1.807) is 26.4 Å². The van der Waals surface area contributed by atoms with Crippen LogP contribution in [0.4, 0.5) is 0 Å². The van der Waals surface area contributed by atoms with Crippen molar-refractivity contribution in [3.05, 3.63) is 59.2 Å². The van der Waals surface area contributed by atoms with Crippen LogP contribution in [0.15, 0.2) is 42.5 Å². The van der Waals surface area contributed by atoms with Crippen molar-refractivity contribution < 1.29 is 23.8 Å². The Morgan fingerprint density at radius 2 is 1.88 bits per heavy atom. The number of cyclic esters (lactones) is 1. The highest BCUT2D eigenvalue weighted by Crippen LogP contribution is 2.32. The second-order valence-electron chi connectivity index (χ2n) is 5.97. The largest absolute Gasteiger partial charge is 0.493 e. The maximum Gasteiger partial charge on any atom is 0.339 e. The van der Waals surface area contributed by atoms with Crippen molar-refractivity contribution in [1.29, 1.82) is 0 Å². The molecule has 1 amide bonds. The third kappa shape index (κ3) is 3.79. The minimum absolute atomic E-state index is 0.120. The molecular weight excluding hydrogens is 334 g/mol. The van der Waals surface area contributed by atoms with Crippen molar-refractivity contribution in [3.63, 3.8) is 0 Å². The van der Waals surface area contributed by atoms with Crippen molar-refractivity contribution >= 4 is 11.9 Å². The quantitative estimate of drug-likeness (QED) is 0.773. The molecule has 2 aromatic carbocycles. The number of methoxy groups -OCH3 is 2. The lowest BCUT2D eigenvalue weighted by atomic mass is 10.0. The van der Waals surface area contributed by atoms with E-state index in [9.17, 15) is 9.59 Å². The average Bonchev–Trinajstić information content (AvgIpc) is 2.97. The lowest BCUT2D eigenvalue weighted by Gasteiger charge is -2.12. The average molecular weight is 355 g/mol. The molecule has 6 heteroatoms. The lowest BCUT2D eigenvalue weighted by Crippen LogP contribution is -2.27. The number of ether oxygens (including phenoxy) is 3. The highest BCUT2D eigenvalue weighted by atomic mass is 16.5. The van der Waals surface area contributed by atoms with Gasteiger partial charge in [0.1, 0.15) is 6.10 Å². The molecule has 1 aliphatic rings. The van der Waals surface area contributed by atoms with Crippen LogP contribution in [0.1, 0.15) is 34.0 Å². The maximum absolute atomic E-state index is 12.2. The molecule has 0 saturated heterocycles. The van der Waals surface area contributed by atoms with Gasteiger partial charge < -0.3 is 19.5 Å². The summed E-state index contributed by atoms with van der Waals surface area (Å²) in [5.41, 5.74) is 2.34. The third-order valence-corrected chi connectivity index (χ3v) is 4.33. The molecule has 26 heavy (non-hydrogen) atoms. The molecule has 0 bridgehead atoms. The summed E-state index contributed by atoms with van der Waals surface area (Å²) in [5.74, 6) is 0.802. The number of benzene rings is 2. The molecule has 0 spiro atoms. The zero-order valence-corrected chi connectivity index (χ0v) is 14.8. The SMILES string of the molecule is COc1ccc(CCNC(=O)CC2OC(=O)c3ccccc32)cc1OC. The number of nitrogens with one attached hydrogen (secondary N) is 1. The smallest absolute Gasteiger partial charge is 0.339 e. The number of carbonyl (C=O) groups excluding carboxylic acids is 2. The second-order valence-corrected chi connectivity index (χ2v) is 5.97. The van der Waals surface area contributed by atoms with Crippen LogP contribution in [0, 0.1) is 0 Å². The monoisotopic (exact) mass is 355 g/mol. The molecule has 0 aromatic heterocycles. The van der Waals surface area contributed by atoms with E-state index >= 15 is 0 Å². The molecule has 1 heterocycles. The molecule has 1 N–H and O–H groups in total. The fraction of sp³-hybridized carbons (Fsp3) is 0.300. The van der Waals surface area contributed by atoms with Crippen LogP contribution in [0.2, 0.25) is 0 Å². The van der Waals surface area contributed by atoms with Gasteiger partial charge in [-0.3, -0.25) is 4.79 Å². The van der Waals surface area contributed by atoms with Gasteiger partial charge in [-0.15, -0.1) is 0 Å². The summed E-state index contributed by atoms with van der Waals surface area (Å²) in [6, 6.07) is 12.8. The molecule has 1 atom stereocenters. The molecule has 0 fully saturated rings. The van der Waals surface area contributed by atoms with Gasteiger partial charge in [0.25, 0.3) is 0 Å². The summed E-state index contributed by atoms with van der Waals surface area (Å²) < 4.78 is 15.8. The van der Waals surface area contributed by atoms with Crippen LogP contribution >= 0.6 is 0 Å². The van der Waals surface area contributed by atoms with Crippen molar-refractivity contribution in [2.75, 3.05) is 20.8 Å². The fourth-order valence-corrected chi connectivity index (χ4v) is 2.99. The van der Waals surface area contributed by atoms with Gasteiger partial charge in [0, 0.05) is 12.1 Å². The number of fused-ring (bicyclic) bond motifs is 1. The second kappa shape index (κ2) is 7.91. The minimum atomic E-state index is -0.514. The van der Waals surface area contributed by atoms with Gasteiger partial charge in [0.15, 0.2) is 11.5 Å². The molecule has 0 aliphatic carbocycles. The summed E-state index contributed by atoms with van der Waals surface area (Å²) in [5, 5.41) is 2.87. The fourth-order valence-electron chi connectivity index (χ4n) is 2.99. The first-order valence-corrected chi connectivity index (χ1v) is 8.40. The van der Waals surface area contributed by atoms with Gasteiger partial charge in [-0.05, 0) is 30.2 Å². The maximum atomic E-state index is 12.2. The minimum Gasteiger partial charge on any atom is -0.493 e. The molecule has 3 rings (SSSR count). The number of rotatable bonds is 7. The van der Waals surface area contributed by atoms with Gasteiger partial charge in [0.2, 0.25) is 5.91 Å². The van der Waals surface area contributed by atoms with Crippen LogP contribution in [0.5, 0.6) is 11.5 Å². The summed E-state index contributed by atoms with van der Waals surface area (Å²) in [6.07, 6.45) is 0.265.